The zero-order chi connectivity index (χ0) is 14.8. The van der Waals surface area contributed by atoms with Gasteiger partial charge in [-0.2, -0.15) is 0 Å². The van der Waals surface area contributed by atoms with Crippen molar-refractivity contribution in [2.45, 2.75) is 18.6 Å². The SMILES string of the molecule is COC(=O)[C@@H]1C[C@@H](Oc2nc3cnccc3cc2Br)CN1. The lowest BCUT2D eigenvalue weighted by atomic mass is 10.2. The average Bonchev–Trinajstić information content (AvgIpc) is 2.96. The molecule has 7 heteroatoms. The number of carbonyl (C=O) groups is 1. The highest BCUT2D eigenvalue weighted by molar-refractivity contribution is 9.10. The van der Waals surface area contributed by atoms with E-state index in [0.29, 0.717) is 18.8 Å². The van der Waals surface area contributed by atoms with E-state index in [9.17, 15) is 4.79 Å². The molecule has 0 radical (unpaired) electrons. The molecule has 21 heavy (non-hydrogen) atoms. The lowest BCUT2D eigenvalue weighted by Gasteiger charge is -2.13. The van der Waals surface area contributed by atoms with Crippen molar-refractivity contribution in [3.8, 4) is 5.88 Å². The van der Waals surface area contributed by atoms with Crippen LogP contribution in [0.15, 0.2) is 29.0 Å². The van der Waals surface area contributed by atoms with Crippen LogP contribution in [0.2, 0.25) is 0 Å². The van der Waals surface area contributed by atoms with Crippen LogP contribution < -0.4 is 10.1 Å². The minimum Gasteiger partial charge on any atom is -0.472 e. The number of methoxy groups -OCH3 is 1. The van der Waals surface area contributed by atoms with Crippen molar-refractivity contribution in [2.24, 2.45) is 0 Å². The van der Waals surface area contributed by atoms with Gasteiger partial charge in [0.2, 0.25) is 5.88 Å². The second-order valence-electron chi connectivity index (χ2n) is 4.80. The summed E-state index contributed by atoms with van der Waals surface area (Å²) in [5.74, 6) is 0.239. The topological polar surface area (TPSA) is 73.3 Å². The monoisotopic (exact) mass is 351 g/mol. The van der Waals surface area contributed by atoms with Crippen molar-refractivity contribution in [1.29, 1.82) is 0 Å². The van der Waals surface area contributed by atoms with Gasteiger partial charge in [0.05, 0.1) is 23.3 Å². The predicted octanol–water partition coefficient (Wildman–Crippen LogP) is 1.67. The zero-order valence-corrected chi connectivity index (χ0v) is 13.0. The molecule has 3 rings (SSSR count). The summed E-state index contributed by atoms with van der Waals surface area (Å²) < 4.78 is 11.4. The van der Waals surface area contributed by atoms with Crippen LogP contribution in [0.25, 0.3) is 10.9 Å². The molecule has 0 unspecified atom stereocenters. The van der Waals surface area contributed by atoms with Crippen molar-refractivity contribution in [1.82, 2.24) is 15.3 Å². The fraction of sp³-hybridized carbons (Fsp3) is 0.357. The van der Waals surface area contributed by atoms with Crippen LogP contribution in [0, 0.1) is 0 Å². The minimum absolute atomic E-state index is 0.118. The molecule has 2 aromatic heterocycles. The highest BCUT2D eigenvalue weighted by Gasteiger charge is 2.31. The van der Waals surface area contributed by atoms with Gasteiger partial charge in [0.15, 0.2) is 0 Å². The van der Waals surface area contributed by atoms with E-state index < -0.39 is 0 Å². The van der Waals surface area contributed by atoms with Gasteiger partial charge >= 0.3 is 5.97 Å². The Labute approximate surface area is 130 Å². The maximum absolute atomic E-state index is 11.5. The first-order valence-electron chi connectivity index (χ1n) is 6.55. The van der Waals surface area contributed by atoms with Gasteiger partial charge in [-0.15, -0.1) is 0 Å². The first-order valence-corrected chi connectivity index (χ1v) is 7.35. The Morgan fingerprint density at radius 2 is 2.38 bits per heavy atom. The molecule has 2 aromatic rings. The standard InChI is InChI=1S/C14H14BrN3O3/c1-20-14(19)11-5-9(6-17-11)21-13-10(15)4-8-2-3-16-7-12(8)18-13/h2-4,7,9,11,17H,5-6H2,1H3/t9-,11+/m1/s1. The molecule has 3 heterocycles. The summed E-state index contributed by atoms with van der Waals surface area (Å²) in [5.41, 5.74) is 0.770. The number of nitrogens with one attached hydrogen (secondary N) is 1. The number of ether oxygens (including phenoxy) is 2. The van der Waals surface area contributed by atoms with Gasteiger partial charge < -0.3 is 14.8 Å². The van der Waals surface area contributed by atoms with Crippen molar-refractivity contribution >= 4 is 32.8 Å². The summed E-state index contributed by atoms with van der Waals surface area (Å²) in [6.45, 7) is 0.582. The van der Waals surface area contributed by atoms with E-state index in [1.54, 1.807) is 12.4 Å². The van der Waals surface area contributed by atoms with Crippen LogP contribution in [0.3, 0.4) is 0 Å². The Morgan fingerprint density at radius 3 is 3.19 bits per heavy atom. The van der Waals surface area contributed by atoms with Gasteiger partial charge in [-0.25, -0.2) is 4.98 Å². The number of hydrogen-bond acceptors (Lipinski definition) is 6. The number of rotatable bonds is 3. The van der Waals surface area contributed by atoms with Gasteiger partial charge in [0.25, 0.3) is 0 Å². The lowest BCUT2D eigenvalue weighted by molar-refractivity contribution is -0.142. The molecule has 0 aromatic carbocycles. The second-order valence-corrected chi connectivity index (χ2v) is 5.66. The number of esters is 1. The molecule has 2 atom stereocenters. The maximum Gasteiger partial charge on any atom is 0.323 e. The zero-order valence-electron chi connectivity index (χ0n) is 11.4. The number of aromatic nitrogens is 2. The number of carbonyl (C=O) groups excluding carboxylic acids is 1. The van der Waals surface area contributed by atoms with E-state index in [0.717, 1.165) is 15.4 Å². The van der Waals surface area contributed by atoms with Gasteiger partial charge in [-0.1, -0.05) is 0 Å². The fourth-order valence-corrected chi connectivity index (χ4v) is 2.76. The quantitative estimate of drug-likeness (QED) is 0.848. The lowest BCUT2D eigenvalue weighted by Crippen LogP contribution is -2.31. The smallest absolute Gasteiger partial charge is 0.323 e. The van der Waals surface area contributed by atoms with Crippen molar-refractivity contribution in [3.63, 3.8) is 0 Å². The Kier molecular flexibility index (Phi) is 4.03. The molecular formula is C14H14BrN3O3. The summed E-state index contributed by atoms with van der Waals surface area (Å²) >= 11 is 3.46. The number of fused-ring (bicyclic) bond motifs is 1. The number of halogens is 1. The van der Waals surface area contributed by atoms with Crippen LogP contribution in [0.4, 0.5) is 0 Å². The second kappa shape index (κ2) is 5.95. The van der Waals surface area contributed by atoms with Gasteiger partial charge in [0.1, 0.15) is 12.1 Å². The Bertz CT molecular complexity index is 680. The third-order valence-corrected chi connectivity index (χ3v) is 3.96. The maximum atomic E-state index is 11.5. The van der Waals surface area contributed by atoms with Gasteiger partial charge in [0, 0.05) is 24.5 Å². The Morgan fingerprint density at radius 1 is 1.52 bits per heavy atom. The van der Waals surface area contributed by atoms with Crippen LogP contribution in [-0.2, 0) is 9.53 Å². The van der Waals surface area contributed by atoms with E-state index >= 15 is 0 Å². The summed E-state index contributed by atoms with van der Waals surface area (Å²) in [4.78, 5) is 20.0. The van der Waals surface area contributed by atoms with E-state index in [2.05, 4.69) is 31.2 Å². The first-order chi connectivity index (χ1) is 10.2. The fourth-order valence-electron chi connectivity index (χ4n) is 2.33. The van der Waals surface area contributed by atoms with Gasteiger partial charge in [-0.05, 0) is 28.1 Å². The molecule has 1 aliphatic rings. The highest BCUT2D eigenvalue weighted by Crippen LogP contribution is 2.28. The summed E-state index contributed by atoms with van der Waals surface area (Å²) in [6.07, 6.45) is 3.86. The third kappa shape index (κ3) is 2.98. The molecule has 110 valence electrons. The summed E-state index contributed by atoms with van der Waals surface area (Å²) in [6, 6.07) is 3.52. The summed E-state index contributed by atoms with van der Waals surface area (Å²) in [5, 5.41) is 4.07. The van der Waals surface area contributed by atoms with Crippen LogP contribution in [-0.4, -0.2) is 41.7 Å². The molecule has 6 nitrogen and oxygen atoms in total. The molecule has 1 aliphatic heterocycles. The van der Waals surface area contributed by atoms with Crippen LogP contribution in [0.5, 0.6) is 5.88 Å². The Balaban J connectivity index is 1.76. The molecule has 1 fully saturated rings. The molecule has 0 aliphatic carbocycles. The number of nitrogens with zero attached hydrogens (tertiary/aromatic N) is 2. The van der Waals surface area contributed by atoms with E-state index in [1.165, 1.54) is 7.11 Å². The molecule has 0 spiro atoms. The van der Waals surface area contributed by atoms with E-state index in [-0.39, 0.29) is 18.1 Å². The van der Waals surface area contributed by atoms with Crippen molar-refractivity contribution < 1.29 is 14.3 Å². The molecule has 0 bridgehead atoms. The predicted molar refractivity (Wildman–Crippen MR) is 80.1 cm³/mol. The largest absolute Gasteiger partial charge is 0.472 e. The normalized spacial score (nSPS) is 21.4. The molecule has 0 amide bonds. The van der Waals surface area contributed by atoms with Crippen LogP contribution >= 0.6 is 15.9 Å². The van der Waals surface area contributed by atoms with E-state index in [1.807, 2.05) is 12.1 Å². The van der Waals surface area contributed by atoms with Gasteiger partial charge in [-0.3, -0.25) is 9.78 Å². The molecule has 1 saturated heterocycles. The molecular weight excluding hydrogens is 338 g/mol. The average molecular weight is 352 g/mol. The van der Waals surface area contributed by atoms with Crippen molar-refractivity contribution in [3.05, 3.63) is 29.0 Å². The molecule has 1 N–H and O–H groups in total. The number of pyridine rings is 2. The third-order valence-electron chi connectivity index (χ3n) is 3.40. The minimum atomic E-state index is -0.319. The summed E-state index contributed by atoms with van der Waals surface area (Å²) in [7, 11) is 1.38. The van der Waals surface area contributed by atoms with E-state index in [4.69, 9.17) is 9.47 Å². The van der Waals surface area contributed by atoms with Crippen molar-refractivity contribution in [2.75, 3.05) is 13.7 Å². The van der Waals surface area contributed by atoms with Crippen LogP contribution in [0.1, 0.15) is 6.42 Å². The number of hydrogen-bond donors (Lipinski definition) is 1. The molecule has 0 saturated carbocycles. The first kappa shape index (κ1) is 14.2. The highest BCUT2D eigenvalue weighted by atomic mass is 79.9. The Hall–Kier alpha value is -1.73.